The van der Waals surface area contributed by atoms with Gasteiger partial charge in [-0.2, -0.15) is 0 Å². The summed E-state index contributed by atoms with van der Waals surface area (Å²) in [6.45, 7) is 3.59. The predicted octanol–water partition coefficient (Wildman–Crippen LogP) is 1.18. The number of pyridine rings is 1. The number of benzene rings is 1. The van der Waals surface area contributed by atoms with E-state index in [1.807, 2.05) is 25.1 Å². The second-order valence-corrected chi connectivity index (χ2v) is 6.57. The van der Waals surface area contributed by atoms with Crippen molar-refractivity contribution in [2.75, 3.05) is 38.2 Å². The predicted molar refractivity (Wildman–Crippen MR) is 104 cm³/mol. The Morgan fingerprint density at radius 2 is 1.93 bits per heavy atom. The Hall–Kier alpha value is -3.13. The number of carbonyl (C=O) groups excluding carboxylic acids is 2. The zero-order valence-electron chi connectivity index (χ0n) is 15.9. The highest BCUT2D eigenvalue weighted by Crippen LogP contribution is 2.16. The number of nitrogens with zero attached hydrogens (tertiary/aromatic N) is 2. The molecule has 1 aromatic carbocycles. The second-order valence-electron chi connectivity index (χ2n) is 6.57. The van der Waals surface area contributed by atoms with Crippen LogP contribution in [-0.2, 0) is 16.6 Å². The van der Waals surface area contributed by atoms with Crippen LogP contribution in [0.2, 0.25) is 0 Å². The Morgan fingerprint density at radius 1 is 1.21 bits per heavy atom. The van der Waals surface area contributed by atoms with Crippen LogP contribution in [0.5, 0.6) is 5.75 Å². The van der Waals surface area contributed by atoms with E-state index >= 15 is 0 Å². The molecule has 2 aromatic rings. The van der Waals surface area contributed by atoms with E-state index in [4.69, 9.17) is 9.47 Å². The number of aromatic nitrogens is 1. The molecule has 8 nitrogen and oxygen atoms in total. The summed E-state index contributed by atoms with van der Waals surface area (Å²) in [4.78, 5) is 38.9. The van der Waals surface area contributed by atoms with Gasteiger partial charge in [0, 0.05) is 26.3 Å². The zero-order valence-corrected chi connectivity index (χ0v) is 15.9. The molecule has 1 fully saturated rings. The molecule has 2 amide bonds. The van der Waals surface area contributed by atoms with E-state index in [0.29, 0.717) is 37.6 Å². The van der Waals surface area contributed by atoms with Gasteiger partial charge in [0.25, 0.3) is 17.4 Å². The van der Waals surface area contributed by atoms with Crippen LogP contribution in [0.15, 0.2) is 41.3 Å². The van der Waals surface area contributed by atoms with Crippen molar-refractivity contribution in [1.29, 1.82) is 0 Å². The number of anilines is 1. The van der Waals surface area contributed by atoms with Gasteiger partial charge in [-0.15, -0.1) is 0 Å². The van der Waals surface area contributed by atoms with Crippen LogP contribution in [0.25, 0.3) is 0 Å². The van der Waals surface area contributed by atoms with E-state index < -0.39 is 11.5 Å². The second kappa shape index (κ2) is 8.71. The monoisotopic (exact) mass is 385 g/mol. The first-order chi connectivity index (χ1) is 13.5. The van der Waals surface area contributed by atoms with Crippen LogP contribution in [0.1, 0.15) is 15.9 Å². The van der Waals surface area contributed by atoms with Gasteiger partial charge in [0.1, 0.15) is 11.4 Å². The fourth-order valence-corrected chi connectivity index (χ4v) is 2.92. The lowest BCUT2D eigenvalue weighted by atomic mass is 10.2. The van der Waals surface area contributed by atoms with E-state index in [2.05, 4.69) is 5.32 Å². The summed E-state index contributed by atoms with van der Waals surface area (Å²) in [7, 11) is 1.54. The molecular weight excluding hydrogens is 362 g/mol. The third-order valence-electron chi connectivity index (χ3n) is 4.46. The molecule has 0 bridgehead atoms. The minimum atomic E-state index is -0.476. The fourth-order valence-electron chi connectivity index (χ4n) is 2.92. The standard InChI is InChI=1S/C20H23N3O5/c1-14-5-3-4-6-17(14)28-13-18(24)21-16-11-15(12-22(2)20(16)26)19(25)23-7-9-27-10-8-23/h3-6,11-12H,7-10,13H2,1-2H3,(H,21,24). The van der Waals surface area contributed by atoms with Crippen LogP contribution in [0.3, 0.4) is 0 Å². The van der Waals surface area contributed by atoms with Crippen molar-refractivity contribution in [3.8, 4) is 5.75 Å². The van der Waals surface area contributed by atoms with Crippen molar-refractivity contribution < 1.29 is 19.1 Å². The van der Waals surface area contributed by atoms with Gasteiger partial charge in [-0.25, -0.2) is 0 Å². The van der Waals surface area contributed by atoms with Gasteiger partial charge in [-0.1, -0.05) is 18.2 Å². The lowest BCUT2D eigenvalue weighted by molar-refractivity contribution is -0.118. The topological polar surface area (TPSA) is 89.9 Å². The fraction of sp³-hybridized carbons (Fsp3) is 0.350. The molecule has 0 atom stereocenters. The van der Waals surface area contributed by atoms with Gasteiger partial charge < -0.3 is 24.3 Å². The smallest absolute Gasteiger partial charge is 0.274 e. The Morgan fingerprint density at radius 3 is 2.64 bits per heavy atom. The van der Waals surface area contributed by atoms with Gasteiger partial charge in [0.15, 0.2) is 6.61 Å². The van der Waals surface area contributed by atoms with Crippen LogP contribution in [-0.4, -0.2) is 54.2 Å². The summed E-state index contributed by atoms with van der Waals surface area (Å²) in [6.07, 6.45) is 1.47. The van der Waals surface area contributed by atoms with Crippen molar-refractivity contribution in [2.45, 2.75) is 6.92 Å². The summed E-state index contributed by atoms with van der Waals surface area (Å²) < 4.78 is 12.0. The maximum atomic E-state index is 12.7. The van der Waals surface area contributed by atoms with Crippen molar-refractivity contribution >= 4 is 17.5 Å². The Labute approximate surface area is 162 Å². The number of aryl methyl sites for hydroxylation is 2. The highest BCUT2D eigenvalue weighted by molar-refractivity contribution is 5.97. The number of carbonyl (C=O) groups is 2. The van der Waals surface area contributed by atoms with Gasteiger partial charge in [-0.05, 0) is 24.6 Å². The quantitative estimate of drug-likeness (QED) is 0.835. The van der Waals surface area contributed by atoms with E-state index in [1.54, 1.807) is 11.0 Å². The molecule has 148 valence electrons. The number of ether oxygens (including phenoxy) is 2. The third-order valence-corrected chi connectivity index (χ3v) is 4.46. The normalized spacial score (nSPS) is 13.9. The molecule has 1 N–H and O–H groups in total. The molecule has 0 spiro atoms. The lowest BCUT2D eigenvalue weighted by Crippen LogP contribution is -2.41. The molecule has 0 radical (unpaired) electrons. The molecule has 0 saturated carbocycles. The molecule has 8 heteroatoms. The van der Waals surface area contributed by atoms with Crippen LogP contribution in [0, 0.1) is 6.92 Å². The maximum Gasteiger partial charge on any atom is 0.274 e. The van der Waals surface area contributed by atoms with Crippen LogP contribution < -0.4 is 15.6 Å². The van der Waals surface area contributed by atoms with Crippen molar-refractivity contribution in [3.63, 3.8) is 0 Å². The first-order valence-electron chi connectivity index (χ1n) is 9.01. The Balaban J connectivity index is 1.71. The van der Waals surface area contributed by atoms with Crippen molar-refractivity contribution in [2.24, 2.45) is 7.05 Å². The SMILES string of the molecule is Cc1ccccc1OCC(=O)Nc1cc(C(=O)N2CCOCC2)cn(C)c1=O. The first-order valence-corrected chi connectivity index (χ1v) is 9.01. The summed E-state index contributed by atoms with van der Waals surface area (Å²) in [6, 6.07) is 8.75. The lowest BCUT2D eigenvalue weighted by Gasteiger charge is -2.27. The van der Waals surface area contributed by atoms with Crippen molar-refractivity contribution in [1.82, 2.24) is 9.47 Å². The van der Waals surface area contributed by atoms with Crippen molar-refractivity contribution in [3.05, 3.63) is 58.0 Å². The number of hydrogen-bond acceptors (Lipinski definition) is 5. The Bertz CT molecular complexity index is 932. The highest BCUT2D eigenvalue weighted by atomic mass is 16.5. The average Bonchev–Trinajstić information content (AvgIpc) is 2.70. The molecule has 0 unspecified atom stereocenters. The van der Waals surface area contributed by atoms with Gasteiger partial charge >= 0.3 is 0 Å². The zero-order chi connectivity index (χ0) is 20.1. The third kappa shape index (κ3) is 4.58. The number of morpholine rings is 1. The molecule has 1 saturated heterocycles. The van der Waals surface area contributed by atoms with E-state index in [1.165, 1.54) is 23.9 Å². The highest BCUT2D eigenvalue weighted by Gasteiger charge is 2.20. The minimum Gasteiger partial charge on any atom is -0.483 e. The molecule has 3 rings (SSSR count). The van der Waals surface area contributed by atoms with Crippen LogP contribution in [0.4, 0.5) is 5.69 Å². The maximum absolute atomic E-state index is 12.7. The number of rotatable bonds is 5. The first kappa shape index (κ1) is 19.6. The summed E-state index contributed by atoms with van der Waals surface area (Å²) in [5.74, 6) is -0.0799. The van der Waals surface area contributed by atoms with E-state index in [9.17, 15) is 14.4 Å². The summed E-state index contributed by atoms with van der Waals surface area (Å²) in [5, 5.41) is 2.55. The number of nitrogens with one attached hydrogen (secondary N) is 1. The average molecular weight is 385 g/mol. The largest absolute Gasteiger partial charge is 0.483 e. The molecular formula is C20H23N3O5. The number of amides is 2. The van der Waals surface area contributed by atoms with Crippen LogP contribution >= 0.6 is 0 Å². The van der Waals surface area contributed by atoms with Gasteiger partial charge in [0.2, 0.25) is 0 Å². The van der Waals surface area contributed by atoms with Gasteiger partial charge in [-0.3, -0.25) is 14.4 Å². The number of hydrogen-bond donors (Lipinski definition) is 1. The molecule has 0 aliphatic carbocycles. The van der Waals surface area contributed by atoms with Gasteiger partial charge in [0.05, 0.1) is 18.8 Å². The number of para-hydroxylation sites is 1. The van der Waals surface area contributed by atoms with E-state index in [0.717, 1.165) is 5.56 Å². The molecule has 2 heterocycles. The summed E-state index contributed by atoms with van der Waals surface area (Å²) in [5.41, 5.74) is 0.881. The molecule has 1 aliphatic rings. The molecule has 1 aromatic heterocycles. The minimum absolute atomic E-state index is 0.0417. The molecule has 28 heavy (non-hydrogen) atoms. The Kier molecular flexibility index (Phi) is 6.10. The van der Waals surface area contributed by atoms with E-state index in [-0.39, 0.29) is 18.2 Å². The summed E-state index contributed by atoms with van der Waals surface area (Å²) >= 11 is 0. The molecule has 1 aliphatic heterocycles.